The number of methoxy groups -OCH3 is 1. The van der Waals surface area contributed by atoms with Gasteiger partial charge in [-0.25, -0.2) is 13.8 Å². The van der Waals surface area contributed by atoms with Crippen molar-refractivity contribution < 1.29 is 13.9 Å². The van der Waals surface area contributed by atoms with Crippen molar-refractivity contribution in [1.82, 2.24) is 24.9 Å². The molecule has 10 heteroatoms. The number of rotatable bonds is 8. The van der Waals surface area contributed by atoms with Crippen LogP contribution in [0.25, 0.3) is 22.5 Å². The number of halogens is 1. The Morgan fingerprint density at radius 1 is 0.889 bits per heavy atom. The van der Waals surface area contributed by atoms with Gasteiger partial charge in [-0.2, -0.15) is 10.2 Å². The average molecular weight is 490 g/mol. The van der Waals surface area contributed by atoms with Gasteiger partial charge in [-0.15, -0.1) is 0 Å². The average Bonchev–Trinajstić information content (AvgIpc) is 2.90. The Balaban J connectivity index is 1.43. The lowest BCUT2D eigenvalue weighted by Gasteiger charge is -2.15. The van der Waals surface area contributed by atoms with E-state index in [2.05, 4.69) is 15.5 Å². The number of benzene rings is 2. The Morgan fingerprint density at radius 3 is 2.11 bits per heavy atom. The SMILES string of the molecule is COc1ccc(-c2ccc(=O)n(CCNC(=O)C(C)n3nc(-c4ccc(F)cc4)ccc3=O)n2)cc1. The molecule has 0 aliphatic rings. The van der Waals surface area contributed by atoms with Crippen LogP contribution in [-0.4, -0.2) is 39.1 Å². The predicted octanol–water partition coefficient (Wildman–Crippen LogP) is 2.66. The van der Waals surface area contributed by atoms with Crippen LogP contribution in [0.2, 0.25) is 0 Å². The molecule has 4 rings (SSSR count). The van der Waals surface area contributed by atoms with Gasteiger partial charge in [-0.3, -0.25) is 14.4 Å². The van der Waals surface area contributed by atoms with Crippen molar-refractivity contribution in [2.24, 2.45) is 0 Å². The molecule has 36 heavy (non-hydrogen) atoms. The lowest BCUT2D eigenvalue weighted by atomic mass is 10.1. The van der Waals surface area contributed by atoms with Crippen LogP contribution in [0.15, 0.2) is 82.4 Å². The monoisotopic (exact) mass is 489 g/mol. The summed E-state index contributed by atoms with van der Waals surface area (Å²) < 4.78 is 20.7. The lowest BCUT2D eigenvalue weighted by molar-refractivity contribution is -0.124. The van der Waals surface area contributed by atoms with Gasteiger partial charge in [-0.05, 0) is 67.6 Å². The molecule has 0 spiro atoms. The van der Waals surface area contributed by atoms with Gasteiger partial charge in [0, 0.05) is 29.8 Å². The maximum Gasteiger partial charge on any atom is 0.267 e. The highest BCUT2D eigenvalue weighted by Gasteiger charge is 2.18. The van der Waals surface area contributed by atoms with E-state index in [0.717, 1.165) is 10.2 Å². The molecule has 0 saturated heterocycles. The fourth-order valence-electron chi connectivity index (χ4n) is 3.55. The van der Waals surface area contributed by atoms with Gasteiger partial charge >= 0.3 is 0 Å². The third-order valence-corrected chi connectivity index (χ3v) is 5.59. The topological polar surface area (TPSA) is 108 Å². The molecule has 1 unspecified atom stereocenters. The van der Waals surface area contributed by atoms with E-state index in [1.807, 2.05) is 12.1 Å². The zero-order valence-electron chi connectivity index (χ0n) is 19.7. The fraction of sp³-hybridized carbons (Fsp3) is 0.192. The molecule has 184 valence electrons. The summed E-state index contributed by atoms with van der Waals surface area (Å²) in [6, 6.07) is 17.9. The highest BCUT2D eigenvalue weighted by molar-refractivity contribution is 5.79. The zero-order valence-corrected chi connectivity index (χ0v) is 19.7. The summed E-state index contributed by atoms with van der Waals surface area (Å²) in [5, 5.41) is 11.4. The van der Waals surface area contributed by atoms with Crippen LogP contribution in [0.1, 0.15) is 13.0 Å². The number of aromatic nitrogens is 4. The van der Waals surface area contributed by atoms with Gasteiger partial charge in [0.05, 0.1) is 25.0 Å². The molecule has 1 N–H and O–H groups in total. The van der Waals surface area contributed by atoms with Crippen LogP contribution in [0.4, 0.5) is 4.39 Å². The van der Waals surface area contributed by atoms with E-state index in [-0.39, 0.29) is 24.5 Å². The largest absolute Gasteiger partial charge is 0.497 e. The van der Waals surface area contributed by atoms with Gasteiger partial charge in [-0.1, -0.05) is 0 Å². The number of carbonyl (C=O) groups excluding carboxylic acids is 1. The van der Waals surface area contributed by atoms with Crippen LogP contribution in [0, 0.1) is 5.82 Å². The smallest absolute Gasteiger partial charge is 0.267 e. The van der Waals surface area contributed by atoms with Crippen molar-refractivity contribution in [3.8, 4) is 28.3 Å². The normalized spacial score (nSPS) is 11.6. The van der Waals surface area contributed by atoms with Gasteiger partial charge in [0.25, 0.3) is 11.1 Å². The number of hydrogen-bond donors (Lipinski definition) is 1. The first-order valence-corrected chi connectivity index (χ1v) is 11.2. The number of carbonyl (C=O) groups is 1. The standard InChI is InChI=1S/C26H24FN5O4/c1-17(32-25(34)14-12-23(30-32)18-3-7-20(27)8-4-18)26(35)28-15-16-31-24(33)13-11-22(29-31)19-5-9-21(36-2)10-6-19/h3-14,17H,15-16H2,1-2H3,(H,28,35). The van der Waals surface area contributed by atoms with Crippen molar-refractivity contribution >= 4 is 5.91 Å². The quantitative estimate of drug-likeness (QED) is 0.408. The lowest BCUT2D eigenvalue weighted by Crippen LogP contribution is -2.39. The minimum atomic E-state index is -0.909. The molecule has 0 aliphatic heterocycles. The zero-order chi connectivity index (χ0) is 25.7. The Hall–Kier alpha value is -4.60. The molecule has 2 heterocycles. The number of nitrogens with one attached hydrogen (secondary N) is 1. The molecule has 4 aromatic rings. The van der Waals surface area contributed by atoms with Crippen molar-refractivity contribution in [3.05, 3.63) is 99.3 Å². The van der Waals surface area contributed by atoms with Crippen LogP contribution >= 0.6 is 0 Å². The summed E-state index contributed by atoms with van der Waals surface area (Å²) in [4.78, 5) is 37.3. The molecular weight excluding hydrogens is 465 g/mol. The van der Waals surface area contributed by atoms with E-state index in [4.69, 9.17) is 4.74 Å². The Labute approximate surface area is 205 Å². The van der Waals surface area contributed by atoms with E-state index >= 15 is 0 Å². The van der Waals surface area contributed by atoms with Crippen LogP contribution < -0.4 is 21.2 Å². The van der Waals surface area contributed by atoms with Crippen LogP contribution in [0.5, 0.6) is 5.75 Å². The van der Waals surface area contributed by atoms with Crippen molar-refractivity contribution in [3.63, 3.8) is 0 Å². The molecule has 0 fully saturated rings. The summed E-state index contributed by atoms with van der Waals surface area (Å²) in [5.41, 5.74) is 1.70. The summed E-state index contributed by atoms with van der Waals surface area (Å²) in [7, 11) is 1.58. The van der Waals surface area contributed by atoms with Gasteiger partial charge in [0.15, 0.2) is 0 Å². The minimum absolute atomic E-state index is 0.120. The van der Waals surface area contributed by atoms with Crippen molar-refractivity contribution in [1.29, 1.82) is 0 Å². The first kappa shape index (κ1) is 24.5. The second-order valence-corrected chi connectivity index (χ2v) is 7.98. The van der Waals surface area contributed by atoms with Crippen LogP contribution in [-0.2, 0) is 11.3 Å². The van der Waals surface area contributed by atoms with E-state index in [1.54, 1.807) is 44.4 Å². The van der Waals surface area contributed by atoms with E-state index < -0.39 is 17.5 Å². The Kier molecular flexibility index (Phi) is 7.33. The second kappa shape index (κ2) is 10.8. The number of ether oxygens (including phenoxy) is 1. The third-order valence-electron chi connectivity index (χ3n) is 5.59. The summed E-state index contributed by atoms with van der Waals surface area (Å²) >= 11 is 0. The molecule has 0 bridgehead atoms. The number of amides is 1. The number of hydrogen-bond acceptors (Lipinski definition) is 6. The molecule has 1 atom stereocenters. The molecule has 0 radical (unpaired) electrons. The van der Waals surface area contributed by atoms with Gasteiger partial charge in [0.2, 0.25) is 5.91 Å². The van der Waals surface area contributed by atoms with Crippen molar-refractivity contribution in [2.75, 3.05) is 13.7 Å². The van der Waals surface area contributed by atoms with Gasteiger partial charge in [0.1, 0.15) is 17.6 Å². The van der Waals surface area contributed by atoms with Crippen molar-refractivity contribution in [2.45, 2.75) is 19.5 Å². The summed E-state index contributed by atoms with van der Waals surface area (Å²) in [5.74, 6) is -0.121. The van der Waals surface area contributed by atoms with E-state index in [9.17, 15) is 18.8 Å². The molecule has 2 aromatic carbocycles. The highest BCUT2D eigenvalue weighted by atomic mass is 19.1. The Bertz CT molecular complexity index is 1480. The molecular formula is C26H24FN5O4. The molecule has 0 saturated carbocycles. The Morgan fingerprint density at radius 2 is 1.47 bits per heavy atom. The van der Waals surface area contributed by atoms with Gasteiger partial charge < -0.3 is 10.1 Å². The molecule has 2 aromatic heterocycles. The minimum Gasteiger partial charge on any atom is -0.497 e. The molecule has 0 aliphatic carbocycles. The molecule has 1 amide bonds. The number of nitrogens with zero attached hydrogens (tertiary/aromatic N) is 4. The first-order valence-electron chi connectivity index (χ1n) is 11.2. The predicted molar refractivity (Wildman–Crippen MR) is 132 cm³/mol. The van der Waals surface area contributed by atoms with E-state index in [1.165, 1.54) is 35.0 Å². The maximum atomic E-state index is 13.2. The first-order chi connectivity index (χ1) is 17.4. The molecule has 9 nitrogen and oxygen atoms in total. The summed E-state index contributed by atoms with van der Waals surface area (Å²) in [6.07, 6.45) is 0. The summed E-state index contributed by atoms with van der Waals surface area (Å²) in [6.45, 7) is 1.81. The van der Waals surface area contributed by atoms with E-state index in [0.29, 0.717) is 22.7 Å². The maximum absolute atomic E-state index is 13.2. The second-order valence-electron chi connectivity index (χ2n) is 7.98. The third kappa shape index (κ3) is 5.54. The fourth-order valence-corrected chi connectivity index (χ4v) is 3.55. The highest BCUT2D eigenvalue weighted by Crippen LogP contribution is 2.19. The van der Waals surface area contributed by atoms with Crippen LogP contribution in [0.3, 0.4) is 0 Å².